The van der Waals surface area contributed by atoms with Gasteiger partial charge in [-0.15, -0.1) is 11.6 Å². The van der Waals surface area contributed by atoms with Crippen molar-refractivity contribution in [2.24, 2.45) is 0 Å². The standard InChI is InChI=1S/C33H25.2ClH.Hf/c1-22-11-9-17-28-30(22)31-23(2)12-10-18-29(31)33(28)27-20-19-26(21-27)32(24-13-5-3-6-14-24)25-15-7-4-8-16-25;;;/h3-20,33H,1-2H3;2*1H;/q-1;;;/p-2. The van der Waals surface area contributed by atoms with E-state index in [1.807, 2.05) is 0 Å². The van der Waals surface area contributed by atoms with Crippen LogP contribution in [0.4, 0.5) is 0 Å². The molecule has 0 saturated carbocycles. The second kappa shape index (κ2) is 11.7. The van der Waals surface area contributed by atoms with E-state index in [1.165, 1.54) is 55.7 Å². The molecule has 0 nitrogen and oxygen atoms in total. The van der Waals surface area contributed by atoms with Gasteiger partial charge in [-0.05, 0) is 47.2 Å². The first-order chi connectivity index (χ1) is 16.2. The van der Waals surface area contributed by atoms with E-state index in [-0.39, 0.29) is 56.6 Å². The van der Waals surface area contributed by atoms with E-state index in [0.717, 1.165) is 5.57 Å². The number of rotatable bonds is 3. The molecule has 0 aromatic heterocycles. The molecule has 0 N–H and O–H groups in total. The fourth-order valence-corrected chi connectivity index (χ4v) is 5.46. The van der Waals surface area contributed by atoms with Crippen molar-refractivity contribution in [2.75, 3.05) is 0 Å². The van der Waals surface area contributed by atoms with Crippen LogP contribution in [0.25, 0.3) is 16.7 Å². The van der Waals surface area contributed by atoms with E-state index >= 15 is 0 Å². The fraction of sp³-hybridized carbons (Fsp3) is 0.0909. The van der Waals surface area contributed by atoms with Gasteiger partial charge in [-0.2, -0.15) is 17.7 Å². The SMILES string of the molecule is Cc1cccc2c1-c1c(C)cccc1C2C1=[C-]C(=C(c2ccccc2)c2ccccc2)C=C1.[Cl-].[Cl-].[Hf]. The van der Waals surface area contributed by atoms with Crippen molar-refractivity contribution in [3.63, 3.8) is 0 Å². The van der Waals surface area contributed by atoms with Crippen molar-refractivity contribution in [2.45, 2.75) is 19.8 Å². The Morgan fingerprint density at radius 2 is 1.06 bits per heavy atom. The van der Waals surface area contributed by atoms with Crippen LogP contribution in [0.2, 0.25) is 0 Å². The monoisotopic (exact) mass is 671 g/mol. The number of fused-ring (bicyclic) bond motifs is 3. The Kier molecular flexibility index (Phi) is 9.17. The molecule has 0 amide bonds. The Morgan fingerprint density at radius 3 is 1.53 bits per heavy atom. The van der Waals surface area contributed by atoms with Crippen molar-refractivity contribution >= 4 is 5.57 Å². The van der Waals surface area contributed by atoms with Crippen LogP contribution in [-0.4, -0.2) is 0 Å². The largest absolute Gasteiger partial charge is 1.00 e. The molecular formula is C33H25Cl2Hf-3. The molecule has 0 spiro atoms. The molecule has 0 aliphatic heterocycles. The number of hydrogen-bond acceptors (Lipinski definition) is 0. The zero-order chi connectivity index (χ0) is 22.4. The zero-order valence-electron chi connectivity index (χ0n) is 20.2. The second-order valence-corrected chi connectivity index (χ2v) is 8.95. The summed E-state index contributed by atoms with van der Waals surface area (Å²) in [7, 11) is 0. The maximum Gasteiger partial charge on any atom is 0.0175 e. The predicted octanol–water partition coefficient (Wildman–Crippen LogP) is 2.22. The van der Waals surface area contributed by atoms with Crippen LogP contribution in [0.15, 0.2) is 120 Å². The molecule has 4 aromatic rings. The van der Waals surface area contributed by atoms with Gasteiger partial charge in [0, 0.05) is 31.8 Å². The average molecular weight is 671 g/mol. The summed E-state index contributed by atoms with van der Waals surface area (Å²) < 4.78 is 0. The number of hydrogen-bond donors (Lipinski definition) is 0. The summed E-state index contributed by atoms with van der Waals surface area (Å²) in [6.07, 6.45) is 8.35. The molecular weight excluding hydrogens is 646 g/mol. The third-order valence-electron chi connectivity index (χ3n) is 6.90. The maximum absolute atomic E-state index is 3.84. The van der Waals surface area contributed by atoms with Crippen LogP contribution in [0.1, 0.15) is 39.3 Å². The van der Waals surface area contributed by atoms with Crippen LogP contribution in [-0.2, 0) is 25.8 Å². The molecule has 3 heteroatoms. The number of allylic oxidation sites excluding steroid dienone is 5. The molecule has 36 heavy (non-hydrogen) atoms. The molecule has 6 rings (SSSR count). The molecule has 0 radical (unpaired) electrons. The van der Waals surface area contributed by atoms with Crippen molar-refractivity contribution in [1.29, 1.82) is 0 Å². The van der Waals surface area contributed by atoms with E-state index in [4.69, 9.17) is 0 Å². The minimum absolute atomic E-state index is 0. The summed E-state index contributed by atoms with van der Waals surface area (Å²) in [5, 5.41) is 0. The fourth-order valence-electron chi connectivity index (χ4n) is 5.46. The molecule has 0 bridgehead atoms. The molecule has 2 aliphatic rings. The summed E-state index contributed by atoms with van der Waals surface area (Å²) in [5.74, 6) is 0.219. The quantitative estimate of drug-likeness (QED) is 0.232. The number of aryl methyl sites for hydroxylation is 2. The van der Waals surface area contributed by atoms with Gasteiger partial charge in [-0.25, -0.2) is 0 Å². The van der Waals surface area contributed by atoms with Crippen LogP contribution in [0, 0.1) is 19.9 Å². The van der Waals surface area contributed by atoms with Crippen molar-refractivity contribution in [3.8, 4) is 11.1 Å². The van der Waals surface area contributed by atoms with E-state index in [2.05, 4.69) is 129 Å². The molecule has 0 heterocycles. The third-order valence-corrected chi connectivity index (χ3v) is 6.90. The number of halogens is 2. The van der Waals surface area contributed by atoms with Gasteiger partial charge in [0.25, 0.3) is 0 Å². The summed E-state index contributed by atoms with van der Waals surface area (Å²) in [6.45, 7) is 4.46. The normalized spacial score (nSPS) is 13.1. The zero-order valence-corrected chi connectivity index (χ0v) is 25.3. The van der Waals surface area contributed by atoms with Crippen molar-refractivity contribution < 1.29 is 50.7 Å². The van der Waals surface area contributed by atoms with Crippen LogP contribution >= 0.6 is 0 Å². The summed E-state index contributed by atoms with van der Waals surface area (Å²) in [4.78, 5) is 0. The molecule has 0 atom stereocenters. The van der Waals surface area contributed by atoms with Crippen molar-refractivity contribution in [1.82, 2.24) is 0 Å². The Morgan fingerprint density at radius 1 is 0.583 bits per heavy atom. The first-order valence-electron chi connectivity index (χ1n) is 11.6. The topological polar surface area (TPSA) is 0 Å². The van der Waals surface area contributed by atoms with Gasteiger partial charge in [0.15, 0.2) is 0 Å². The van der Waals surface area contributed by atoms with Gasteiger partial charge in [0.1, 0.15) is 0 Å². The first kappa shape index (κ1) is 28.1. The van der Waals surface area contributed by atoms with E-state index in [1.54, 1.807) is 0 Å². The van der Waals surface area contributed by atoms with E-state index in [9.17, 15) is 0 Å². The van der Waals surface area contributed by atoms with Gasteiger partial charge in [-0.3, -0.25) is 0 Å². The first-order valence-corrected chi connectivity index (χ1v) is 11.6. The van der Waals surface area contributed by atoms with E-state index < -0.39 is 0 Å². The van der Waals surface area contributed by atoms with Crippen LogP contribution in [0.5, 0.6) is 0 Å². The summed E-state index contributed by atoms with van der Waals surface area (Å²) in [5.41, 5.74) is 14.4. The Bertz CT molecular complexity index is 1370. The van der Waals surface area contributed by atoms with Gasteiger partial charge >= 0.3 is 0 Å². The van der Waals surface area contributed by atoms with Crippen LogP contribution < -0.4 is 24.8 Å². The molecule has 2 aliphatic carbocycles. The van der Waals surface area contributed by atoms with Crippen LogP contribution in [0.3, 0.4) is 0 Å². The molecule has 0 fully saturated rings. The second-order valence-electron chi connectivity index (χ2n) is 8.95. The molecule has 0 unspecified atom stereocenters. The summed E-state index contributed by atoms with van der Waals surface area (Å²) in [6, 6.07) is 34.8. The Hall–Kier alpha value is -2.45. The Labute approximate surface area is 245 Å². The van der Waals surface area contributed by atoms with Gasteiger partial charge in [0.2, 0.25) is 0 Å². The molecule has 4 aromatic carbocycles. The molecule has 178 valence electrons. The Balaban J connectivity index is 0.00000120. The smallest absolute Gasteiger partial charge is 0.0175 e. The van der Waals surface area contributed by atoms with Crippen molar-refractivity contribution in [3.05, 3.63) is 160 Å². The molecule has 0 saturated heterocycles. The summed E-state index contributed by atoms with van der Waals surface area (Å²) >= 11 is 0. The van der Waals surface area contributed by atoms with Gasteiger partial charge < -0.3 is 24.8 Å². The maximum atomic E-state index is 3.84. The minimum Gasteiger partial charge on any atom is -1.00 e. The van der Waals surface area contributed by atoms with E-state index in [0.29, 0.717) is 0 Å². The average Bonchev–Trinajstić information content (AvgIpc) is 3.44. The minimum atomic E-state index is 0. The van der Waals surface area contributed by atoms with Gasteiger partial charge in [-0.1, -0.05) is 114 Å². The number of benzene rings is 4. The third kappa shape index (κ3) is 4.77. The predicted molar refractivity (Wildman–Crippen MR) is 138 cm³/mol. The van der Waals surface area contributed by atoms with Gasteiger partial charge in [0.05, 0.1) is 0 Å².